The molecule has 1 aromatic carbocycles. The van der Waals surface area contributed by atoms with Crippen LogP contribution in [0, 0.1) is 0 Å². The molecule has 1 aliphatic heterocycles. The van der Waals surface area contributed by atoms with Gasteiger partial charge in [0, 0.05) is 6.08 Å². The monoisotopic (exact) mass is 274 g/mol. The first-order valence-corrected chi connectivity index (χ1v) is 5.88. The number of phenols is 2. The molecule has 6 heteroatoms. The average Bonchev–Trinajstić information content (AvgIpc) is 2.40. The van der Waals surface area contributed by atoms with Gasteiger partial charge in [-0.1, -0.05) is 0 Å². The van der Waals surface area contributed by atoms with Crippen LogP contribution in [0.5, 0.6) is 17.2 Å². The van der Waals surface area contributed by atoms with Gasteiger partial charge in [0.1, 0.15) is 17.6 Å². The lowest BCUT2D eigenvalue weighted by Gasteiger charge is -2.24. The summed E-state index contributed by atoms with van der Waals surface area (Å²) in [5.41, 5.74) is -0.538. The highest BCUT2D eigenvalue weighted by Gasteiger charge is 2.36. The van der Waals surface area contributed by atoms with E-state index in [1.165, 1.54) is 6.08 Å². The summed E-state index contributed by atoms with van der Waals surface area (Å²) in [6.07, 6.45) is 3.52. The van der Waals surface area contributed by atoms with Gasteiger partial charge in [-0.15, -0.1) is 0 Å². The number of ketones is 2. The van der Waals surface area contributed by atoms with Crippen molar-refractivity contribution in [1.29, 1.82) is 0 Å². The number of fused-ring (bicyclic) bond motifs is 2. The zero-order chi connectivity index (χ0) is 14.6. The average molecular weight is 274 g/mol. The predicted octanol–water partition coefficient (Wildman–Crippen LogP) is 1.56. The molecule has 1 heterocycles. The lowest BCUT2D eigenvalue weighted by Crippen LogP contribution is -2.21. The maximum atomic E-state index is 11.9. The summed E-state index contributed by atoms with van der Waals surface area (Å²) in [6.45, 7) is 1.71. The number of allylic oxidation sites excluding steroid dienone is 1. The summed E-state index contributed by atoms with van der Waals surface area (Å²) in [6, 6.07) is 0. The quantitative estimate of drug-likeness (QED) is 0.490. The number of hydrogen-bond acceptors (Lipinski definition) is 6. The standard InChI is InChI=1S/C14H10O6/c1-5-2-3-6-11(17)9-7(15)4-8(16)12(18)10(9)13(19)14(6)20-5/h2-5,15,17,19H,1H3/t5-/m1/s1. The third-order valence-electron chi connectivity index (χ3n) is 3.25. The van der Waals surface area contributed by atoms with Gasteiger partial charge in [-0.3, -0.25) is 9.59 Å². The van der Waals surface area contributed by atoms with E-state index in [2.05, 4.69) is 0 Å². The smallest absolute Gasteiger partial charge is 0.237 e. The molecule has 0 saturated carbocycles. The van der Waals surface area contributed by atoms with Crippen LogP contribution in [0.25, 0.3) is 11.8 Å². The van der Waals surface area contributed by atoms with Gasteiger partial charge in [0.2, 0.25) is 11.6 Å². The zero-order valence-electron chi connectivity index (χ0n) is 10.4. The van der Waals surface area contributed by atoms with Crippen molar-refractivity contribution in [3.8, 4) is 17.2 Å². The Balaban J connectivity index is 2.41. The van der Waals surface area contributed by atoms with Crippen molar-refractivity contribution in [3.05, 3.63) is 28.8 Å². The number of aliphatic hydroxyl groups is 1. The van der Waals surface area contributed by atoms with Gasteiger partial charge in [-0.05, 0) is 19.1 Å². The van der Waals surface area contributed by atoms with Crippen molar-refractivity contribution < 1.29 is 29.6 Å². The van der Waals surface area contributed by atoms with Crippen molar-refractivity contribution in [2.45, 2.75) is 13.0 Å². The molecule has 0 saturated heterocycles. The largest absolute Gasteiger partial charge is 0.507 e. The minimum absolute atomic E-state index is 0.0768. The van der Waals surface area contributed by atoms with E-state index in [0.717, 1.165) is 0 Å². The molecular weight excluding hydrogens is 264 g/mol. The summed E-state index contributed by atoms with van der Waals surface area (Å²) in [5.74, 6) is -3.57. The van der Waals surface area contributed by atoms with Crippen LogP contribution in [0.15, 0.2) is 12.2 Å². The van der Waals surface area contributed by atoms with Crippen molar-refractivity contribution in [2.75, 3.05) is 0 Å². The first-order valence-electron chi connectivity index (χ1n) is 5.88. The molecule has 3 N–H and O–H groups in total. The number of Topliss-reactive ketones (excluding diaryl/α,β-unsaturated/α-hetero) is 1. The summed E-state index contributed by atoms with van der Waals surface area (Å²) >= 11 is 0. The Bertz CT molecular complexity index is 726. The van der Waals surface area contributed by atoms with E-state index in [0.29, 0.717) is 6.08 Å². The van der Waals surface area contributed by atoms with Gasteiger partial charge in [-0.2, -0.15) is 0 Å². The fraction of sp³-hybridized carbons (Fsp3) is 0.143. The lowest BCUT2D eigenvalue weighted by atomic mass is 9.89. The van der Waals surface area contributed by atoms with Crippen LogP contribution in [-0.4, -0.2) is 33.0 Å². The van der Waals surface area contributed by atoms with Gasteiger partial charge in [0.25, 0.3) is 0 Å². The van der Waals surface area contributed by atoms with Crippen molar-refractivity contribution in [2.24, 2.45) is 0 Å². The molecule has 0 unspecified atom stereocenters. The third kappa shape index (κ3) is 1.45. The molecule has 0 radical (unpaired) electrons. The Labute approximate surface area is 113 Å². The molecule has 1 aliphatic carbocycles. The number of hydrogen-bond donors (Lipinski definition) is 3. The van der Waals surface area contributed by atoms with Gasteiger partial charge < -0.3 is 20.1 Å². The molecule has 2 aliphatic rings. The Morgan fingerprint density at radius 1 is 1.10 bits per heavy atom. The zero-order valence-corrected chi connectivity index (χ0v) is 10.4. The van der Waals surface area contributed by atoms with E-state index in [1.807, 2.05) is 0 Å². The number of benzene rings is 1. The van der Waals surface area contributed by atoms with E-state index < -0.39 is 34.4 Å². The van der Waals surface area contributed by atoms with Crippen LogP contribution < -0.4 is 4.74 Å². The second-order valence-electron chi connectivity index (χ2n) is 4.60. The number of aromatic hydroxyl groups is 2. The van der Waals surface area contributed by atoms with Crippen LogP contribution in [0.2, 0.25) is 0 Å². The number of carbonyl (C=O) groups excluding carboxylic acids is 2. The van der Waals surface area contributed by atoms with Gasteiger partial charge in [0.05, 0.1) is 16.7 Å². The second-order valence-corrected chi connectivity index (χ2v) is 4.60. The summed E-state index contributed by atoms with van der Waals surface area (Å²) < 4.78 is 5.37. The van der Waals surface area contributed by atoms with E-state index >= 15 is 0 Å². The Hall–Kier alpha value is -2.76. The molecular formula is C14H10O6. The number of rotatable bonds is 0. The molecule has 1 aromatic rings. The topological polar surface area (TPSA) is 104 Å². The summed E-state index contributed by atoms with van der Waals surface area (Å²) in [4.78, 5) is 23.3. The molecule has 102 valence electrons. The molecule has 20 heavy (non-hydrogen) atoms. The van der Waals surface area contributed by atoms with Crippen LogP contribution in [-0.2, 0) is 4.79 Å². The molecule has 6 nitrogen and oxygen atoms in total. The molecule has 1 atom stereocenters. The highest BCUT2D eigenvalue weighted by atomic mass is 16.5. The number of aliphatic hydroxyl groups excluding tert-OH is 1. The van der Waals surface area contributed by atoms with Gasteiger partial charge in [0.15, 0.2) is 11.5 Å². The molecule has 0 bridgehead atoms. The first-order chi connectivity index (χ1) is 9.41. The Morgan fingerprint density at radius 3 is 2.50 bits per heavy atom. The Morgan fingerprint density at radius 2 is 1.80 bits per heavy atom. The summed E-state index contributed by atoms with van der Waals surface area (Å²) in [5, 5.41) is 30.1. The molecule has 0 fully saturated rings. The molecule has 0 spiro atoms. The van der Waals surface area contributed by atoms with Crippen LogP contribution in [0.1, 0.15) is 28.4 Å². The lowest BCUT2D eigenvalue weighted by molar-refractivity contribution is -0.111. The van der Waals surface area contributed by atoms with E-state index in [4.69, 9.17) is 4.74 Å². The van der Waals surface area contributed by atoms with Crippen molar-refractivity contribution in [1.82, 2.24) is 0 Å². The SMILES string of the molecule is C[C@@H]1C=Cc2c(O)c3c(c(O)c2O1)C(=O)C(=O)C=C3O. The molecule has 0 aromatic heterocycles. The molecule has 0 amide bonds. The fourth-order valence-electron chi connectivity index (χ4n) is 2.31. The number of carbonyl (C=O) groups is 2. The number of ether oxygens (including phenoxy) is 1. The number of phenolic OH excluding ortho intramolecular Hbond substituents is 2. The highest BCUT2D eigenvalue weighted by Crippen LogP contribution is 2.48. The Kier molecular flexibility index (Phi) is 2.37. The first kappa shape index (κ1) is 12.3. The van der Waals surface area contributed by atoms with E-state index in [-0.39, 0.29) is 23.0 Å². The van der Waals surface area contributed by atoms with Crippen LogP contribution in [0.4, 0.5) is 0 Å². The van der Waals surface area contributed by atoms with Crippen LogP contribution in [0.3, 0.4) is 0 Å². The van der Waals surface area contributed by atoms with Gasteiger partial charge in [-0.25, -0.2) is 0 Å². The van der Waals surface area contributed by atoms with Crippen molar-refractivity contribution >= 4 is 23.4 Å². The van der Waals surface area contributed by atoms with Gasteiger partial charge >= 0.3 is 0 Å². The summed E-state index contributed by atoms with van der Waals surface area (Å²) in [7, 11) is 0. The normalized spacial score (nSPS) is 20.1. The minimum Gasteiger partial charge on any atom is -0.507 e. The highest BCUT2D eigenvalue weighted by molar-refractivity contribution is 6.51. The maximum absolute atomic E-state index is 11.9. The fourth-order valence-corrected chi connectivity index (χ4v) is 2.31. The second kappa shape index (κ2) is 3.86. The van der Waals surface area contributed by atoms with Crippen LogP contribution >= 0.6 is 0 Å². The third-order valence-corrected chi connectivity index (χ3v) is 3.25. The predicted molar refractivity (Wildman–Crippen MR) is 68.8 cm³/mol. The van der Waals surface area contributed by atoms with E-state index in [1.54, 1.807) is 13.0 Å². The molecule has 3 rings (SSSR count). The minimum atomic E-state index is -1.00. The van der Waals surface area contributed by atoms with Crippen molar-refractivity contribution in [3.63, 3.8) is 0 Å². The van der Waals surface area contributed by atoms with E-state index in [9.17, 15) is 24.9 Å². The maximum Gasteiger partial charge on any atom is 0.237 e.